The summed E-state index contributed by atoms with van der Waals surface area (Å²) < 4.78 is 8.19. The van der Waals surface area contributed by atoms with E-state index < -0.39 is 0 Å². The predicted molar refractivity (Wildman–Crippen MR) is 63.7 cm³/mol. The molecule has 14 heavy (non-hydrogen) atoms. The van der Waals surface area contributed by atoms with Crippen molar-refractivity contribution in [3.63, 3.8) is 0 Å². The molecule has 0 amide bonds. The molecule has 1 aliphatic heterocycles. The number of anilines is 1. The van der Waals surface area contributed by atoms with Crippen molar-refractivity contribution in [1.29, 1.82) is 0 Å². The van der Waals surface area contributed by atoms with Gasteiger partial charge in [0.05, 0.1) is 11.7 Å². The topological polar surface area (TPSA) is 29.0 Å². The number of nitrogens with zero attached hydrogens (tertiary/aromatic N) is 3. The number of hydrogen-bond acceptors (Lipinski definition) is 5. The number of hydrogen-bond donors (Lipinski definition) is 0. The molecule has 1 aliphatic rings. The molecule has 6 heteroatoms. The molecule has 1 fully saturated rings. The average molecular weight is 250 g/mol. The summed E-state index contributed by atoms with van der Waals surface area (Å²) in [4.78, 5) is 2.24. The molecule has 1 aromatic heterocycles. The van der Waals surface area contributed by atoms with Gasteiger partial charge in [-0.1, -0.05) is 18.5 Å². The van der Waals surface area contributed by atoms with Crippen LogP contribution in [0.3, 0.4) is 0 Å². The highest BCUT2D eigenvalue weighted by atomic mass is 35.5. The smallest absolute Gasteiger partial charge is 0.187 e. The Kier molecular flexibility index (Phi) is 3.52. The van der Waals surface area contributed by atoms with Gasteiger partial charge in [-0.05, 0) is 12.2 Å². The molecule has 0 aliphatic carbocycles. The van der Waals surface area contributed by atoms with Gasteiger partial charge in [-0.3, -0.25) is 0 Å². The average Bonchev–Trinajstić information content (AvgIpc) is 2.74. The minimum absolute atomic E-state index is 0.553. The van der Waals surface area contributed by atoms with Crippen LogP contribution in [0.4, 0.5) is 5.82 Å². The van der Waals surface area contributed by atoms with Crippen LogP contribution in [0.25, 0.3) is 0 Å². The highest BCUT2D eigenvalue weighted by Crippen LogP contribution is 2.30. The SMILES string of the molecule is CCSC1CCN(c2nsnc2Cl)C1. The standard InChI is InChI=1S/C8H12ClN3S2/c1-2-13-6-3-4-12(5-6)8-7(9)10-14-11-8/h6H,2-5H2,1H3. The lowest BCUT2D eigenvalue weighted by molar-refractivity contribution is 0.951. The van der Waals surface area contributed by atoms with Gasteiger partial charge in [-0.25, -0.2) is 0 Å². The van der Waals surface area contributed by atoms with Crippen molar-refractivity contribution < 1.29 is 0 Å². The first-order chi connectivity index (χ1) is 6.81. The Labute approximate surface area is 97.2 Å². The van der Waals surface area contributed by atoms with Crippen LogP contribution < -0.4 is 4.90 Å². The first kappa shape index (κ1) is 10.5. The molecule has 1 aromatic rings. The maximum absolute atomic E-state index is 5.93. The Bertz CT molecular complexity index is 305. The van der Waals surface area contributed by atoms with Crippen LogP contribution in [-0.2, 0) is 0 Å². The van der Waals surface area contributed by atoms with Crippen molar-refractivity contribution in [3.05, 3.63) is 5.15 Å². The Morgan fingerprint density at radius 2 is 2.50 bits per heavy atom. The molecule has 1 atom stereocenters. The van der Waals surface area contributed by atoms with Gasteiger partial charge < -0.3 is 4.90 Å². The third-order valence-electron chi connectivity index (χ3n) is 2.28. The van der Waals surface area contributed by atoms with Crippen molar-refractivity contribution in [2.75, 3.05) is 23.7 Å². The van der Waals surface area contributed by atoms with Gasteiger partial charge in [0, 0.05) is 18.3 Å². The summed E-state index contributed by atoms with van der Waals surface area (Å²) in [6.07, 6.45) is 1.23. The Morgan fingerprint density at radius 3 is 3.14 bits per heavy atom. The van der Waals surface area contributed by atoms with Crippen LogP contribution >= 0.6 is 35.1 Å². The van der Waals surface area contributed by atoms with Gasteiger partial charge in [0.15, 0.2) is 11.0 Å². The first-order valence-corrected chi connectivity index (χ1v) is 6.81. The molecule has 78 valence electrons. The summed E-state index contributed by atoms with van der Waals surface area (Å²) >= 11 is 9.14. The van der Waals surface area contributed by atoms with Crippen LogP contribution in [-0.4, -0.2) is 32.8 Å². The second-order valence-electron chi connectivity index (χ2n) is 3.19. The molecule has 0 radical (unpaired) electrons. The third kappa shape index (κ3) is 2.15. The van der Waals surface area contributed by atoms with Crippen molar-refractivity contribution in [2.45, 2.75) is 18.6 Å². The highest BCUT2D eigenvalue weighted by Gasteiger charge is 2.25. The van der Waals surface area contributed by atoms with Gasteiger partial charge >= 0.3 is 0 Å². The molecule has 3 nitrogen and oxygen atoms in total. The van der Waals surface area contributed by atoms with Crippen LogP contribution in [0, 0.1) is 0 Å². The summed E-state index contributed by atoms with van der Waals surface area (Å²) in [5, 5.41) is 1.29. The van der Waals surface area contributed by atoms with Crippen LogP contribution in [0.5, 0.6) is 0 Å². The minimum Gasteiger partial charge on any atom is -0.352 e. The summed E-state index contributed by atoms with van der Waals surface area (Å²) in [6, 6.07) is 0. The van der Waals surface area contributed by atoms with E-state index in [0.717, 1.165) is 24.2 Å². The number of thioether (sulfide) groups is 1. The molecular weight excluding hydrogens is 238 g/mol. The summed E-state index contributed by atoms with van der Waals surface area (Å²) in [7, 11) is 0. The van der Waals surface area contributed by atoms with E-state index in [9.17, 15) is 0 Å². The summed E-state index contributed by atoms with van der Waals surface area (Å²) in [5.74, 6) is 2.05. The highest BCUT2D eigenvalue weighted by molar-refractivity contribution is 7.99. The van der Waals surface area contributed by atoms with E-state index in [4.69, 9.17) is 11.6 Å². The van der Waals surface area contributed by atoms with Crippen molar-refractivity contribution in [1.82, 2.24) is 8.75 Å². The lowest BCUT2D eigenvalue weighted by atomic mass is 10.4. The van der Waals surface area contributed by atoms with E-state index in [1.54, 1.807) is 0 Å². The molecular formula is C8H12ClN3S2. The zero-order valence-corrected chi connectivity index (χ0v) is 10.3. The van der Waals surface area contributed by atoms with Gasteiger partial charge in [-0.2, -0.15) is 20.5 Å². The fourth-order valence-electron chi connectivity index (χ4n) is 1.65. The van der Waals surface area contributed by atoms with Crippen LogP contribution in [0.2, 0.25) is 5.15 Å². The van der Waals surface area contributed by atoms with Gasteiger partial charge in [-0.15, -0.1) is 0 Å². The van der Waals surface area contributed by atoms with E-state index in [0.29, 0.717) is 5.15 Å². The van der Waals surface area contributed by atoms with Crippen molar-refractivity contribution in [2.24, 2.45) is 0 Å². The normalized spacial score (nSPS) is 21.9. The van der Waals surface area contributed by atoms with Crippen molar-refractivity contribution in [3.8, 4) is 0 Å². The first-order valence-electron chi connectivity index (χ1n) is 4.66. The minimum atomic E-state index is 0.553. The second kappa shape index (κ2) is 4.68. The fourth-order valence-corrected chi connectivity index (χ4v) is 3.46. The molecule has 1 saturated heterocycles. The third-order valence-corrected chi connectivity index (χ3v) is 4.34. The lowest BCUT2D eigenvalue weighted by Crippen LogP contribution is -2.20. The molecule has 2 heterocycles. The number of rotatable bonds is 3. The largest absolute Gasteiger partial charge is 0.352 e. The van der Waals surface area contributed by atoms with Crippen LogP contribution in [0.15, 0.2) is 0 Å². The van der Waals surface area contributed by atoms with E-state index >= 15 is 0 Å². The monoisotopic (exact) mass is 249 g/mol. The summed E-state index contributed by atoms with van der Waals surface area (Å²) in [5.41, 5.74) is 0. The Balaban J connectivity index is 1.99. The van der Waals surface area contributed by atoms with Gasteiger partial charge in [0.1, 0.15) is 0 Å². The Morgan fingerprint density at radius 1 is 1.64 bits per heavy atom. The molecule has 0 saturated carbocycles. The molecule has 2 rings (SSSR count). The molecule has 0 N–H and O–H groups in total. The quantitative estimate of drug-likeness (QED) is 0.823. The van der Waals surface area contributed by atoms with E-state index in [1.165, 1.54) is 23.9 Å². The van der Waals surface area contributed by atoms with Gasteiger partial charge in [0.25, 0.3) is 0 Å². The zero-order chi connectivity index (χ0) is 9.97. The zero-order valence-electron chi connectivity index (χ0n) is 7.94. The predicted octanol–water partition coefficient (Wildman–Crippen LogP) is 2.52. The molecule has 0 aromatic carbocycles. The van der Waals surface area contributed by atoms with Crippen molar-refractivity contribution >= 4 is 40.9 Å². The molecule has 1 unspecified atom stereocenters. The number of aromatic nitrogens is 2. The lowest BCUT2D eigenvalue weighted by Gasteiger charge is -2.14. The van der Waals surface area contributed by atoms with E-state index in [-0.39, 0.29) is 0 Å². The number of halogens is 1. The fraction of sp³-hybridized carbons (Fsp3) is 0.750. The van der Waals surface area contributed by atoms with E-state index in [1.807, 2.05) is 11.8 Å². The van der Waals surface area contributed by atoms with Crippen LogP contribution in [0.1, 0.15) is 13.3 Å². The summed E-state index contributed by atoms with van der Waals surface area (Å²) in [6.45, 7) is 4.32. The molecule has 0 bridgehead atoms. The maximum atomic E-state index is 5.93. The molecule has 0 spiro atoms. The van der Waals surface area contributed by atoms with E-state index in [2.05, 4.69) is 20.6 Å². The van der Waals surface area contributed by atoms with Gasteiger partial charge in [0.2, 0.25) is 0 Å². The second-order valence-corrected chi connectivity index (χ2v) is 5.65. The maximum Gasteiger partial charge on any atom is 0.187 e. The Hall–Kier alpha value is -0.0000000000000000555.